The molecule has 1 unspecified atom stereocenters. The zero-order chi connectivity index (χ0) is 18.1. The predicted molar refractivity (Wildman–Crippen MR) is 102 cm³/mol. The van der Waals surface area contributed by atoms with Crippen molar-refractivity contribution in [3.63, 3.8) is 0 Å². The van der Waals surface area contributed by atoms with Crippen LogP contribution >= 0.6 is 11.6 Å². The maximum atomic E-state index is 14.2. The number of hydrogen-bond acceptors (Lipinski definition) is 4. The van der Waals surface area contributed by atoms with Crippen molar-refractivity contribution in [1.82, 2.24) is 9.80 Å². The fourth-order valence-electron chi connectivity index (χ4n) is 3.82. The number of nitrogens with two attached hydrogens (primary N) is 1. The lowest BCUT2D eigenvalue weighted by Gasteiger charge is -2.38. The van der Waals surface area contributed by atoms with Crippen LogP contribution in [-0.2, 0) is 6.42 Å². The molecular formula is C19H26ClFN4. The first-order valence-electron chi connectivity index (χ1n) is 8.83. The van der Waals surface area contributed by atoms with Gasteiger partial charge in [-0.1, -0.05) is 18.5 Å². The number of nitrogens with zero attached hydrogens (tertiary/aromatic N) is 3. The minimum Gasteiger partial charge on any atom is -0.367 e. The van der Waals surface area contributed by atoms with E-state index in [9.17, 15) is 4.39 Å². The number of piperazine rings is 1. The summed E-state index contributed by atoms with van der Waals surface area (Å²) in [6, 6.07) is 3.34. The van der Waals surface area contributed by atoms with Crippen LogP contribution in [0.5, 0.6) is 0 Å². The Morgan fingerprint density at radius 3 is 2.56 bits per heavy atom. The Bertz CT molecular complexity index is 720. The second kappa shape index (κ2) is 7.34. The Balaban J connectivity index is 2.16. The molecule has 2 N–H and O–H groups in total. The summed E-state index contributed by atoms with van der Waals surface area (Å²) in [5.74, 6) is 5.66. The molecular weight excluding hydrogens is 339 g/mol. The summed E-state index contributed by atoms with van der Waals surface area (Å²) in [4.78, 5) is 4.66. The van der Waals surface area contributed by atoms with Crippen molar-refractivity contribution in [2.75, 3.05) is 33.2 Å². The molecule has 1 saturated heterocycles. The number of likely N-dealkylation sites (N-methyl/N-ethyl adjacent to an activating group) is 1. The molecule has 3 rings (SSSR count). The van der Waals surface area contributed by atoms with Gasteiger partial charge in [-0.25, -0.2) is 4.39 Å². The van der Waals surface area contributed by atoms with E-state index in [1.54, 1.807) is 12.1 Å². The first kappa shape index (κ1) is 18.2. The van der Waals surface area contributed by atoms with Crippen LogP contribution in [0.3, 0.4) is 0 Å². The standard InChI is InChI=1S/C19H26ClFN4/c1-12-4-5-14-10-16(20)17(21)11-15(14)13(2)19(18(12)23-22)25-8-6-24(3)7-9-25/h10-12H,4-9,22H2,1-3H3/b19-13+,23-18+. The van der Waals surface area contributed by atoms with Gasteiger partial charge in [0, 0.05) is 32.1 Å². The topological polar surface area (TPSA) is 44.9 Å². The summed E-state index contributed by atoms with van der Waals surface area (Å²) in [5, 5.41) is 4.34. The third-order valence-electron chi connectivity index (χ3n) is 5.42. The number of hydrogen-bond donors (Lipinski definition) is 1. The van der Waals surface area contributed by atoms with Gasteiger partial charge in [0.2, 0.25) is 0 Å². The van der Waals surface area contributed by atoms with Crippen molar-refractivity contribution < 1.29 is 4.39 Å². The highest BCUT2D eigenvalue weighted by molar-refractivity contribution is 6.30. The number of rotatable bonds is 1. The molecule has 1 heterocycles. The monoisotopic (exact) mass is 364 g/mol. The second-order valence-corrected chi connectivity index (χ2v) is 7.55. The predicted octanol–water partition coefficient (Wildman–Crippen LogP) is 3.35. The van der Waals surface area contributed by atoms with Gasteiger partial charge in [-0.15, -0.1) is 0 Å². The summed E-state index contributed by atoms with van der Waals surface area (Å²) in [7, 11) is 2.13. The molecule has 1 aromatic carbocycles. The quantitative estimate of drug-likeness (QED) is 0.614. The van der Waals surface area contributed by atoms with Gasteiger partial charge in [0.15, 0.2) is 0 Å². The maximum Gasteiger partial charge on any atom is 0.142 e. The third kappa shape index (κ3) is 3.53. The second-order valence-electron chi connectivity index (χ2n) is 7.14. The van der Waals surface area contributed by atoms with Crippen molar-refractivity contribution in [3.05, 3.63) is 39.8 Å². The summed E-state index contributed by atoms with van der Waals surface area (Å²) in [6.07, 6.45) is 1.75. The number of fused-ring (bicyclic) bond motifs is 1. The Hall–Kier alpha value is -1.59. The molecule has 0 radical (unpaired) electrons. The molecule has 136 valence electrons. The van der Waals surface area contributed by atoms with E-state index in [0.29, 0.717) is 0 Å². The van der Waals surface area contributed by atoms with Gasteiger partial charge in [-0.3, -0.25) is 0 Å². The number of allylic oxidation sites excluding steroid dienone is 2. The van der Waals surface area contributed by atoms with E-state index < -0.39 is 0 Å². The van der Waals surface area contributed by atoms with E-state index in [1.807, 2.05) is 6.92 Å². The van der Waals surface area contributed by atoms with Gasteiger partial charge >= 0.3 is 0 Å². The minimum atomic E-state index is -0.377. The lowest BCUT2D eigenvalue weighted by atomic mass is 9.85. The summed E-state index contributed by atoms with van der Waals surface area (Å²) in [6.45, 7) is 8.02. The van der Waals surface area contributed by atoms with Gasteiger partial charge in [-0.05, 0) is 55.6 Å². The van der Waals surface area contributed by atoms with Crippen molar-refractivity contribution in [3.8, 4) is 0 Å². The van der Waals surface area contributed by atoms with Gasteiger partial charge < -0.3 is 15.6 Å². The molecule has 25 heavy (non-hydrogen) atoms. The highest BCUT2D eigenvalue weighted by Gasteiger charge is 2.28. The number of aryl methyl sites for hydroxylation is 1. The van der Waals surface area contributed by atoms with Crippen LogP contribution in [0.15, 0.2) is 22.9 Å². The average molecular weight is 365 g/mol. The molecule has 1 aliphatic carbocycles. The highest BCUT2D eigenvalue weighted by atomic mass is 35.5. The molecule has 2 aliphatic rings. The first-order valence-corrected chi connectivity index (χ1v) is 9.21. The molecule has 1 aromatic rings. The van der Waals surface area contributed by atoms with Crippen LogP contribution in [0.4, 0.5) is 4.39 Å². The van der Waals surface area contributed by atoms with Crippen molar-refractivity contribution in [2.24, 2.45) is 16.9 Å². The van der Waals surface area contributed by atoms with Gasteiger partial charge in [-0.2, -0.15) is 5.10 Å². The molecule has 0 aromatic heterocycles. The molecule has 1 fully saturated rings. The van der Waals surface area contributed by atoms with Crippen LogP contribution in [0.1, 0.15) is 31.4 Å². The van der Waals surface area contributed by atoms with Crippen LogP contribution in [0.25, 0.3) is 5.57 Å². The Morgan fingerprint density at radius 1 is 1.24 bits per heavy atom. The van der Waals surface area contributed by atoms with Crippen molar-refractivity contribution in [2.45, 2.75) is 26.7 Å². The van der Waals surface area contributed by atoms with Crippen molar-refractivity contribution >= 4 is 22.9 Å². The Labute approximate surface area is 154 Å². The maximum absolute atomic E-state index is 14.2. The first-order chi connectivity index (χ1) is 11.9. The summed E-state index contributed by atoms with van der Waals surface area (Å²) in [5.41, 5.74) is 5.03. The normalized spacial score (nSPS) is 27.2. The zero-order valence-corrected chi connectivity index (χ0v) is 15.9. The zero-order valence-electron chi connectivity index (χ0n) is 15.1. The van der Waals surface area contributed by atoms with Crippen LogP contribution in [-0.4, -0.2) is 48.7 Å². The molecule has 1 atom stereocenters. The molecule has 0 bridgehead atoms. The molecule has 0 spiro atoms. The molecule has 6 heteroatoms. The van der Waals surface area contributed by atoms with Crippen molar-refractivity contribution in [1.29, 1.82) is 0 Å². The van der Waals surface area contributed by atoms with E-state index >= 15 is 0 Å². The Kier molecular flexibility index (Phi) is 5.35. The SMILES string of the molecule is C/C1=C(N2CCN(C)CC2)/C(=N/N)C(C)CCc2cc(Cl)c(F)cc21. The van der Waals surface area contributed by atoms with Gasteiger partial charge in [0.25, 0.3) is 0 Å². The van der Waals surface area contributed by atoms with Crippen LogP contribution in [0.2, 0.25) is 5.02 Å². The number of halogens is 2. The largest absolute Gasteiger partial charge is 0.367 e. The fraction of sp³-hybridized carbons (Fsp3) is 0.526. The van der Waals surface area contributed by atoms with Gasteiger partial charge in [0.1, 0.15) is 5.82 Å². The third-order valence-corrected chi connectivity index (χ3v) is 5.71. The van der Waals surface area contributed by atoms with Crippen LogP contribution in [0, 0.1) is 11.7 Å². The average Bonchev–Trinajstić information content (AvgIpc) is 2.59. The molecule has 4 nitrogen and oxygen atoms in total. The highest BCUT2D eigenvalue weighted by Crippen LogP contribution is 2.34. The minimum absolute atomic E-state index is 0.189. The van der Waals surface area contributed by atoms with Crippen LogP contribution < -0.4 is 5.84 Å². The smallest absolute Gasteiger partial charge is 0.142 e. The van der Waals surface area contributed by atoms with Gasteiger partial charge in [0.05, 0.1) is 16.4 Å². The molecule has 1 aliphatic heterocycles. The molecule has 0 amide bonds. The van der Waals surface area contributed by atoms with E-state index in [2.05, 4.69) is 28.9 Å². The van der Waals surface area contributed by atoms with E-state index in [1.165, 1.54) is 0 Å². The lowest BCUT2D eigenvalue weighted by Crippen LogP contribution is -2.46. The summed E-state index contributed by atoms with van der Waals surface area (Å²) >= 11 is 6.03. The fourth-order valence-corrected chi connectivity index (χ4v) is 4.01. The summed E-state index contributed by atoms with van der Waals surface area (Å²) < 4.78 is 14.2. The number of hydrazone groups is 1. The van der Waals surface area contributed by atoms with E-state index in [4.69, 9.17) is 17.4 Å². The number of benzene rings is 1. The lowest BCUT2D eigenvalue weighted by molar-refractivity contribution is 0.192. The van der Waals surface area contributed by atoms with E-state index in [-0.39, 0.29) is 16.8 Å². The Morgan fingerprint density at radius 2 is 1.92 bits per heavy atom. The van der Waals surface area contributed by atoms with E-state index in [0.717, 1.165) is 67.1 Å². The molecule has 0 saturated carbocycles.